The number of aryl methyl sites for hydroxylation is 2. The van der Waals surface area contributed by atoms with Crippen LogP contribution in [0.5, 0.6) is 5.88 Å². The fraction of sp³-hybridized carbons (Fsp3) is 0.526. The second kappa shape index (κ2) is 15.4. The van der Waals surface area contributed by atoms with Crippen LogP contribution in [0.2, 0.25) is 0 Å². The first-order valence-corrected chi connectivity index (χ1v) is 19.4. The van der Waals surface area contributed by atoms with Crippen molar-refractivity contribution in [3.05, 3.63) is 65.2 Å². The van der Waals surface area contributed by atoms with Gasteiger partial charge in [0.2, 0.25) is 11.8 Å². The molecule has 0 radical (unpaired) electrons. The first-order valence-electron chi connectivity index (χ1n) is 17.9. The maximum atomic E-state index is 14.2. The monoisotopic (exact) mass is 809 g/mol. The molecule has 12 nitrogen and oxygen atoms in total. The molecule has 1 amide bonds. The maximum absolute atomic E-state index is 14.2. The smallest absolute Gasteiger partial charge is 0.407 e. The van der Waals surface area contributed by atoms with Crippen molar-refractivity contribution in [2.75, 3.05) is 11.3 Å². The number of anilines is 1. The molecule has 4 N–H and O–H groups in total. The molecule has 17 heteroatoms. The lowest BCUT2D eigenvalue weighted by atomic mass is 9.52. The van der Waals surface area contributed by atoms with Gasteiger partial charge in [0, 0.05) is 29.8 Å². The minimum atomic E-state index is -4.38. The minimum absolute atomic E-state index is 0. The molecule has 3 aliphatic rings. The molecule has 300 valence electrons. The summed E-state index contributed by atoms with van der Waals surface area (Å²) in [7, 11) is -4.37. The van der Waals surface area contributed by atoms with Crippen LogP contribution in [-0.2, 0) is 14.8 Å². The number of hydrogen-bond acceptors (Lipinski definition) is 9. The number of alkyl halides is 3. The SMILES string of the molecule is Cc1cccc(C)c1-c1cc(OC[C@@H](CC2(C(F)(F)F)CC2)NC2CC3(CC(NC(=O)OC(C)(C)C)C3)C2)nc(NS(=O)(=O)c2cccc(C(=O)O)c2)n1.Cl. The third kappa shape index (κ3) is 9.81. The highest BCUT2D eigenvalue weighted by Gasteiger charge is 2.64. The van der Waals surface area contributed by atoms with Crippen LogP contribution in [0.25, 0.3) is 11.3 Å². The number of nitrogens with zero attached hydrogens (tertiary/aromatic N) is 2. The second-order valence-corrected chi connectivity index (χ2v) is 17.8. The highest BCUT2D eigenvalue weighted by molar-refractivity contribution is 7.92. The van der Waals surface area contributed by atoms with Crippen molar-refractivity contribution in [3.63, 3.8) is 0 Å². The Labute approximate surface area is 324 Å². The Bertz CT molecular complexity index is 2000. The molecule has 3 aromatic rings. The summed E-state index contributed by atoms with van der Waals surface area (Å²) in [5.74, 6) is -1.71. The van der Waals surface area contributed by atoms with E-state index in [0.717, 1.165) is 42.9 Å². The number of halogens is 4. The van der Waals surface area contributed by atoms with E-state index in [1.165, 1.54) is 24.3 Å². The van der Waals surface area contributed by atoms with E-state index in [1.54, 1.807) is 20.8 Å². The lowest BCUT2D eigenvalue weighted by molar-refractivity contribution is -0.191. The number of rotatable bonds is 13. The molecule has 1 atom stereocenters. The van der Waals surface area contributed by atoms with E-state index in [1.807, 2.05) is 32.0 Å². The summed E-state index contributed by atoms with van der Waals surface area (Å²) in [4.78, 5) is 32.2. The number of carboxylic acids is 1. The minimum Gasteiger partial charge on any atom is -0.478 e. The molecule has 0 saturated heterocycles. The number of alkyl carbamates (subject to hydrolysis) is 1. The summed E-state index contributed by atoms with van der Waals surface area (Å²) in [5.41, 5.74) is 0.0462. The summed E-state index contributed by atoms with van der Waals surface area (Å²) in [6.45, 7) is 8.93. The van der Waals surface area contributed by atoms with Gasteiger partial charge in [0.1, 0.15) is 12.2 Å². The van der Waals surface area contributed by atoms with Crippen molar-refractivity contribution < 1.29 is 45.8 Å². The molecule has 0 bridgehead atoms. The largest absolute Gasteiger partial charge is 0.478 e. The van der Waals surface area contributed by atoms with Crippen molar-refractivity contribution in [3.8, 4) is 17.1 Å². The molecule has 1 aromatic heterocycles. The quantitative estimate of drug-likeness (QED) is 0.135. The molecule has 55 heavy (non-hydrogen) atoms. The number of amides is 1. The zero-order valence-corrected chi connectivity index (χ0v) is 32.9. The maximum Gasteiger partial charge on any atom is 0.407 e. The molecule has 3 aliphatic carbocycles. The van der Waals surface area contributed by atoms with Crippen LogP contribution in [0.3, 0.4) is 0 Å². The topological polar surface area (TPSA) is 169 Å². The third-order valence-corrected chi connectivity index (χ3v) is 11.8. The first-order chi connectivity index (χ1) is 25.1. The predicted molar refractivity (Wildman–Crippen MR) is 201 cm³/mol. The van der Waals surface area contributed by atoms with Gasteiger partial charge in [-0.1, -0.05) is 24.3 Å². The van der Waals surface area contributed by atoms with Crippen molar-refractivity contribution in [2.45, 2.75) is 114 Å². The Morgan fingerprint density at radius 3 is 2.16 bits per heavy atom. The van der Waals surface area contributed by atoms with Gasteiger partial charge in [0.25, 0.3) is 10.0 Å². The fourth-order valence-corrected chi connectivity index (χ4v) is 8.77. The number of aromatic carboxylic acids is 1. The Hall–Kier alpha value is -4.15. The van der Waals surface area contributed by atoms with Gasteiger partial charge in [0.15, 0.2) is 0 Å². The number of benzene rings is 2. The van der Waals surface area contributed by atoms with Crippen LogP contribution in [0.4, 0.5) is 23.9 Å². The van der Waals surface area contributed by atoms with Gasteiger partial charge in [-0.25, -0.2) is 27.7 Å². The van der Waals surface area contributed by atoms with Gasteiger partial charge in [-0.05, 0) is 114 Å². The summed E-state index contributed by atoms with van der Waals surface area (Å²) in [6.07, 6.45) is -1.97. The number of carbonyl (C=O) groups is 2. The Kier molecular flexibility index (Phi) is 11.8. The van der Waals surface area contributed by atoms with Gasteiger partial charge in [-0.15, -0.1) is 12.4 Å². The average Bonchev–Trinajstić information content (AvgIpc) is 3.81. The van der Waals surface area contributed by atoms with Crippen molar-refractivity contribution >= 4 is 40.4 Å². The van der Waals surface area contributed by atoms with E-state index in [2.05, 4.69) is 25.3 Å². The molecular formula is C38H47ClF3N5O7S. The zero-order chi connectivity index (χ0) is 39.3. The molecule has 3 fully saturated rings. The lowest BCUT2D eigenvalue weighted by Crippen LogP contribution is -2.62. The average molecular weight is 810 g/mol. The van der Waals surface area contributed by atoms with Crippen LogP contribution >= 0.6 is 12.4 Å². The lowest BCUT2D eigenvalue weighted by Gasteiger charge is -2.58. The number of carboxylic acid groups (broad SMARTS) is 1. The number of carbonyl (C=O) groups excluding carboxylic acids is 1. The number of ether oxygens (including phenoxy) is 2. The fourth-order valence-electron chi connectivity index (χ4n) is 7.78. The van der Waals surface area contributed by atoms with Gasteiger partial charge >= 0.3 is 18.2 Å². The number of aromatic nitrogens is 2. The molecule has 2 aromatic carbocycles. The van der Waals surface area contributed by atoms with Gasteiger partial charge in [-0.2, -0.15) is 18.2 Å². The highest BCUT2D eigenvalue weighted by Crippen LogP contribution is 2.61. The van der Waals surface area contributed by atoms with Crippen LogP contribution in [-0.4, -0.2) is 72.1 Å². The third-order valence-electron chi connectivity index (χ3n) is 10.5. The molecule has 1 spiro atoms. The Morgan fingerprint density at radius 2 is 1.58 bits per heavy atom. The van der Waals surface area contributed by atoms with Crippen molar-refractivity contribution in [1.82, 2.24) is 20.6 Å². The summed E-state index contributed by atoms with van der Waals surface area (Å²) in [6, 6.07) is 11.1. The molecule has 6 rings (SSSR count). The van der Waals surface area contributed by atoms with Crippen LogP contribution < -0.4 is 20.1 Å². The van der Waals surface area contributed by atoms with E-state index < -0.39 is 45.3 Å². The summed E-state index contributed by atoms with van der Waals surface area (Å²) >= 11 is 0. The van der Waals surface area contributed by atoms with E-state index in [-0.39, 0.29) is 78.1 Å². The molecule has 0 aliphatic heterocycles. The molecular weight excluding hydrogens is 763 g/mol. The number of nitrogens with one attached hydrogen (secondary N) is 3. The molecule has 3 saturated carbocycles. The molecule has 0 unspecified atom stereocenters. The van der Waals surface area contributed by atoms with Gasteiger partial charge < -0.3 is 25.2 Å². The van der Waals surface area contributed by atoms with Gasteiger partial charge in [-0.3, -0.25) is 0 Å². The van der Waals surface area contributed by atoms with Crippen molar-refractivity contribution in [1.29, 1.82) is 0 Å². The van der Waals surface area contributed by atoms with E-state index >= 15 is 0 Å². The second-order valence-electron chi connectivity index (χ2n) is 16.1. The van der Waals surface area contributed by atoms with Crippen molar-refractivity contribution in [2.24, 2.45) is 10.8 Å². The predicted octanol–water partition coefficient (Wildman–Crippen LogP) is 7.59. The normalized spacial score (nSPS) is 22.0. The highest BCUT2D eigenvalue weighted by atomic mass is 35.5. The summed E-state index contributed by atoms with van der Waals surface area (Å²) < 4.78 is 83.2. The van der Waals surface area contributed by atoms with E-state index in [0.29, 0.717) is 11.3 Å². The van der Waals surface area contributed by atoms with E-state index in [4.69, 9.17) is 9.47 Å². The standard InChI is InChI=1S/C38H46F3N5O7S.ClH/c1-22-8-6-9-23(2)31(22)29-15-30(45-33(44-29)46-54(50,51)28-11-7-10-24(14-28)32(47)48)52-21-27(20-37(12-13-37)38(39,40)41)42-25-16-36(17-25)18-26(19-36)43-34(49)53-35(3,4)5;/h6-11,14-15,25-27,42H,12-13,16-21H2,1-5H3,(H,43,49)(H,47,48)(H,44,45,46);1H/t25?,26?,27-,36?;/m1./s1. The molecule has 1 heterocycles. The first kappa shape index (κ1) is 42.0. The zero-order valence-electron chi connectivity index (χ0n) is 31.2. The summed E-state index contributed by atoms with van der Waals surface area (Å²) in [5, 5.41) is 15.7. The number of sulfonamides is 1. The van der Waals surface area contributed by atoms with Crippen LogP contribution in [0.15, 0.2) is 53.4 Å². The Balaban J connectivity index is 0.00000580. The van der Waals surface area contributed by atoms with Gasteiger partial charge in [0.05, 0.1) is 21.6 Å². The Morgan fingerprint density at radius 1 is 0.964 bits per heavy atom. The van der Waals surface area contributed by atoms with E-state index in [9.17, 15) is 36.3 Å². The van der Waals surface area contributed by atoms with Crippen LogP contribution in [0, 0.1) is 24.7 Å². The number of hydrogen-bond donors (Lipinski definition) is 4. The van der Waals surface area contributed by atoms with Crippen LogP contribution in [0.1, 0.15) is 87.2 Å².